The Labute approximate surface area is 108 Å². The van der Waals surface area contributed by atoms with Gasteiger partial charge in [-0.1, -0.05) is 54.0 Å². The minimum Gasteiger partial charge on any atom is -0.396 e. The molecule has 0 rings (SSSR count). The molecular formula is C13H23IO. The number of halogens is 1. The molecule has 0 amide bonds. The van der Waals surface area contributed by atoms with Crippen LogP contribution in [0.25, 0.3) is 0 Å². The van der Waals surface area contributed by atoms with Crippen molar-refractivity contribution in [3.63, 3.8) is 0 Å². The minimum atomic E-state index is 0.272. The second-order valence-electron chi connectivity index (χ2n) is 4.00. The summed E-state index contributed by atoms with van der Waals surface area (Å²) >= 11 is 2.31. The van der Waals surface area contributed by atoms with Gasteiger partial charge >= 0.3 is 0 Å². The monoisotopic (exact) mass is 322 g/mol. The molecule has 0 spiro atoms. The average molecular weight is 322 g/mol. The molecule has 0 aliphatic heterocycles. The largest absolute Gasteiger partial charge is 0.396 e. The van der Waals surface area contributed by atoms with Crippen LogP contribution >= 0.6 is 22.6 Å². The van der Waals surface area contributed by atoms with Gasteiger partial charge in [0.15, 0.2) is 0 Å². The van der Waals surface area contributed by atoms with Crippen LogP contribution in [-0.2, 0) is 0 Å². The van der Waals surface area contributed by atoms with Gasteiger partial charge in [0.25, 0.3) is 0 Å². The Balaban J connectivity index is 3.90. The highest BCUT2D eigenvalue weighted by atomic mass is 127. The van der Waals surface area contributed by atoms with Gasteiger partial charge < -0.3 is 5.11 Å². The Kier molecular flexibility index (Phi) is 10.8. The van der Waals surface area contributed by atoms with Crippen LogP contribution in [0.4, 0.5) is 0 Å². The third-order valence-electron chi connectivity index (χ3n) is 2.56. The van der Waals surface area contributed by atoms with Crippen molar-refractivity contribution in [3.8, 4) is 0 Å². The second-order valence-corrected chi connectivity index (χ2v) is 4.62. The van der Waals surface area contributed by atoms with Gasteiger partial charge in [-0.2, -0.15) is 0 Å². The third-order valence-corrected chi connectivity index (χ3v) is 3.45. The van der Waals surface area contributed by atoms with Gasteiger partial charge in [0.2, 0.25) is 0 Å². The van der Waals surface area contributed by atoms with E-state index in [4.69, 9.17) is 0 Å². The maximum Gasteiger partial charge on any atom is 0.0465 e. The smallest absolute Gasteiger partial charge is 0.0465 e. The average Bonchev–Trinajstić information content (AvgIpc) is 2.26. The van der Waals surface area contributed by atoms with E-state index in [2.05, 4.69) is 40.2 Å². The Morgan fingerprint density at radius 1 is 1.47 bits per heavy atom. The first-order valence-electron chi connectivity index (χ1n) is 5.78. The van der Waals surface area contributed by atoms with Crippen molar-refractivity contribution < 1.29 is 5.11 Å². The SMILES string of the molecule is C=CCC(CO)CC(=CI)CCCCC. The number of hydrogen-bond acceptors (Lipinski definition) is 1. The summed E-state index contributed by atoms with van der Waals surface area (Å²) in [5.74, 6) is 0.366. The summed E-state index contributed by atoms with van der Waals surface area (Å²) in [5.41, 5.74) is 1.48. The van der Waals surface area contributed by atoms with Crippen molar-refractivity contribution in [2.24, 2.45) is 5.92 Å². The lowest BCUT2D eigenvalue weighted by Gasteiger charge is -2.14. The van der Waals surface area contributed by atoms with E-state index in [1.807, 2.05) is 6.08 Å². The normalized spacial score (nSPS) is 13.9. The van der Waals surface area contributed by atoms with E-state index in [-0.39, 0.29) is 6.61 Å². The number of hydrogen-bond donors (Lipinski definition) is 1. The van der Waals surface area contributed by atoms with Crippen LogP contribution in [0.3, 0.4) is 0 Å². The highest BCUT2D eigenvalue weighted by Gasteiger charge is 2.08. The predicted molar refractivity (Wildman–Crippen MR) is 76.3 cm³/mol. The Morgan fingerprint density at radius 3 is 2.67 bits per heavy atom. The number of allylic oxidation sites excluding steroid dienone is 2. The zero-order valence-electron chi connectivity index (χ0n) is 9.71. The molecule has 1 N–H and O–H groups in total. The molecule has 0 aliphatic carbocycles. The molecule has 1 atom stereocenters. The zero-order valence-corrected chi connectivity index (χ0v) is 11.9. The molecule has 15 heavy (non-hydrogen) atoms. The third kappa shape index (κ3) is 8.03. The van der Waals surface area contributed by atoms with Gasteiger partial charge in [-0.3, -0.25) is 0 Å². The van der Waals surface area contributed by atoms with Crippen molar-refractivity contribution in [1.29, 1.82) is 0 Å². The summed E-state index contributed by atoms with van der Waals surface area (Å²) < 4.78 is 2.18. The first-order valence-corrected chi connectivity index (χ1v) is 7.02. The van der Waals surface area contributed by atoms with E-state index in [0.717, 1.165) is 12.8 Å². The first kappa shape index (κ1) is 15.2. The van der Waals surface area contributed by atoms with Gasteiger partial charge in [-0.15, -0.1) is 6.58 Å². The summed E-state index contributed by atoms with van der Waals surface area (Å²) in [4.78, 5) is 0. The van der Waals surface area contributed by atoms with Crippen molar-refractivity contribution in [3.05, 3.63) is 22.3 Å². The summed E-state index contributed by atoms with van der Waals surface area (Å²) in [6.07, 6.45) is 8.87. The van der Waals surface area contributed by atoms with Gasteiger partial charge in [-0.05, 0) is 35.7 Å². The lowest BCUT2D eigenvalue weighted by molar-refractivity contribution is 0.226. The Bertz CT molecular complexity index is 187. The Morgan fingerprint density at radius 2 is 2.20 bits per heavy atom. The minimum absolute atomic E-state index is 0.272. The van der Waals surface area contributed by atoms with E-state index in [9.17, 15) is 5.11 Å². The summed E-state index contributed by atoms with van der Waals surface area (Å²) in [5, 5.41) is 9.20. The van der Waals surface area contributed by atoms with Crippen LogP contribution in [0.1, 0.15) is 45.4 Å². The molecular weight excluding hydrogens is 299 g/mol. The fraction of sp³-hybridized carbons (Fsp3) is 0.692. The molecule has 1 nitrogen and oxygen atoms in total. The number of unbranched alkanes of at least 4 members (excludes halogenated alkanes) is 2. The lowest BCUT2D eigenvalue weighted by atomic mass is 9.95. The fourth-order valence-electron chi connectivity index (χ4n) is 1.63. The fourth-order valence-corrected chi connectivity index (χ4v) is 2.20. The van der Waals surface area contributed by atoms with Crippen LogP contribution in [0.2, 0.25) is 0 Å². The van der Waals surface area contributed by atoms with Crippen LogP contribution in [-0.4, -0.2) is 11.7 Å². The number of aliphatic hydroxyl groups excluding tert-OH is 1. The summed E-state index contributed by atoms with van der Waals surface area (Å²) in [6.45, 7) is 6.22. The highest BCUT2D eigenvalue weighted by Crippen LogP contribution is 2.21. The molecule has 0 saturated heterocycles. The zero-order chi connectivity index (χ0) is 11.5. The molecule has 0 aromatic rings. The van der Waals surface area contributed by atoms with Crippen molar-refractivity contribution >= 4 is 22.6 Å². The number of rotatable bonds is 9. The maximum atomic E-state index is 9.20. The molecule has 0 aromatic carbocycles. The molecule has 88 valence electrons. The Hall–Kier alpha value is 0.170. The predicted octanol–water partition coefficient (Wildman–Crippen LogP) is 4.46. The molecule has 2 heteroatoms. The van der Waals surface area contributed by atoms with E-state index in [1.165, 1.54) is 31.3 Å². The van der Waals surface area contributed by atoms with E-state index < -0.39 is 0 Å². The molecule has 0 heterocycles. The standard InChI is InChI=1S/C13H23IO/c1-3-5-6-8-12(10-14)9-13(11-15)7-4-2/h4,10,13,15H,2-3,5-9,11H2,1H3. The molecule has 0 saturated carbocycles. The molecule has 1 unspecified atom stereocenters. The van der Waals surface area contributed by atoms with Crippen LogP contribution in [0.5, 0.6) is 0 Å². The maximum absolute atomic E-state index is 9.20. The first-order chi connectivity index (χ1) is 7.28. The van der Waals surface area contributed by atoms with Gasteiger partial charge in [0.05, 0.1) is 0 Å². The van der Waals surface area contributed by atoms with Crippen LogP contribution in [0.15, 0.2) is 22.3 Å². The molecule has 0 fully saturated rings. The van der Waals surface area contributed by atoms with Gasteiger partial charge in [-0.25, -0.2) is 0 Å². The van der Waals surface area contributed by atoms with Crippen molar-refractivity contribution in [2.75, 3.05) is 6.61 Å². The molecule has 0 aromatic heterocycles. The van der Waals surface area contributed by atoms with Crippen molar-refractivity contribution in [2.45, 2.75) is 45.4 Å². The second kappa shape index (κ2) is 10.7. The molecule has 0 aliphatic rings. The van der Waals surface area contributed by atoms with E-state index in [1.54, 1.807) is 0 Å². The highest BCUT2D eigenvalue weighted by molar-refractivity contribution is 14.1. The summed E-state index contributed by atoms with van der Waals surface area (Å²) in [7, 11) is 0. The van der Waals surface area contributed by atoms with Crippen LogP contribution in [0, 0.1) is 5.92 Å². The van der Waals surface area contributed by atoms with E-state index >= 15 is 0 Å². The van der Waals surface area contributed by atoms with Crippen LogP contribution < -0.4 is 0 Å². The van der Waals surface area contributed by atoms with E-state index in [0.29, 0.717) is 5.92 Å². The van der Waals surface area contributed by atoms with Gasteiger partial charge in [0.1, 0.15) is 0 Å². The summed E-state index contributed by atoms with van der Waals surface area (Å²) in [6, 6.07) is 0. The molecule has 0 bridgehead atoms. The van der Waals surface area contributed by atoms with Crippen molar-refractivity contribution in [1.82, 2.24) is 0 Å². The topological polar surface area (TPSA) is 20.2 Å². The van der Waals surface area contributed by atoms with Gasteiger partial charge in [0, 0.05) is 6.61 Å². The quantitative estimate of drug-likeness (QED) is 0.377. The molecule has 0 radical (unpaired) electrons. The lowest BCUT2D eigenvalue weighted by Crippen LogP contribution is -2.06. The number of aliphatic hydroxyl groups is 1.